The van der Waals surface area contributed by atoms with Gasteiger partial charge in [-0.15, -0.1) is 5.10 Å². The number of rotatable bonds is 8. The van der Waals surface area contributed by atoms with Crippen LogP contribution in [0.25, 0.3) is 0 Å². The van der Waals surface area contributed by atoms with Gasteiger partial charge in [0.05, 0.1) is 12.3 Å². The van der Waals surface area contributed by atoms with Crippen molar-refractivity contribution in [3.8, 4) is 11.9 Å². The van der Waals surface area contributed by atoms with E-state index < -0.39 is 0 Å². The Bertz CT molecular complexity index is 466. The van der Waals surface area contributed by atoms with Crippen LogP contribution < -0.4 is 10.1 Å². The van der Waals surface area contributed by atoms with Crippen LogP contribution in [-0.2, 0) is 12.8 Å². The molecule has 0 bridgehead atoms. The minimum Gasteiger partial charge on any atom is -0.476 e. The molecule has 0 aliphatic carbocycles. The van der Waals surface area contributed by atoms with Gasteiger partial charge >= 0.3 is 0 Å². The van der Waals surface area contributed by atoms with E-state index in [9.17, 15) is 5.26 Å². The molecule has 5 nitrogen and oxygen atoms in total. The van der Waals surface area contributed by atoms with Crippen LogP contribution in [-0.4, -0.2) is 29.4 Å². The molecule has 0 aliphatic rings. The maximum atomic E-state index is 9.32. The summed E-state index contributed by atoms with van der Waals surface area (Å²) in [7, 11) is 0. The highest BCUT2D eigenvalue weighted by molar-refractivity contribution is 5.46. The summed E-state index contributed by atoms with van der Waals surface area (Å²) in [6, 6.07) is 2.68. The van der Waals surface area contributed by atoms with Crippen molar-refractivity contribution in [2.45, 2.75) is 53.0 Å². The molecule has 0 saturated heterocycles. The van der Waals surface area contributed by atoms with Crippen LogP contribution in [0.4, 0.5) is 0 Å². The zero-order valence-corrected chi connectivity index (χ0v) is 12.9. The lowest BCUT2D eigenvalue weighted by molar-refractivity contribution is 0.290. The van der Waals surface area contributed by atoms with Crippen LogP contribution in [0.15, 0.2) is 0 Å². The first-order valence-corrected chi connectivity index (χ1v) is 7.28. The molecule has 0 aromatic carbocycles. The monoisotopic (exact) mass is 276 g/mol. The first-order chi connectivity index (χ1) is 9.63. The van der Waals surface area contributed by atoms with Gasteiger partial charge in [0.15, 0.2) is 0 Å². The highest BCUT2D eigenvalue weighted by atomic mass is 16.5. The fourth-order valence-corrected chi connectivity index (χ4v) is 2.00. The fraction of sp³-hybridized carbons (Fsp3) is 0.667. The van der Waals surface area contributed by atoms with E-state index in [-0.39, 0.29) is 0 Å². The van der Waals surface area contributed by atoms with Gasteiger partial charge in [0.1, 0.15) is 11.6 Å². The molecular weight excluding hydrogens is 252 g/mol. The number of ether oxygens (including phenoxy) is 1. The van der Waals surface area contributed by atoms with Crippen LogP contribution in [0, 0.1) is 11.3 Å². The van der Waals surface area contributed by atoms with Gasteiger partial charge < -0.3 is 10.1 Å². The molecule has 1 aromatic heterocycles. The maximum Gasteiger partial charge on any atom is 0.251 e. The van der Waals surface area contributed by atoms with Crippen molar-refractivity contribution >= 4 is 0 Å². The minimum atomic E-state index is 0.367. The third-order valence-corrected chi connectivity index (χ3v) is 3.04. The summed E-state index contributed by atoms with van der Waals surface area (Å²) in [5.74, 6) is 0.367. The number of hydrogen-bond donors (Lipinski definition) is 1. The summed E-state index contributed by atoms with van der Waals surface area (Å²) in [6.07, 6.45) is 2.43. The standard InChI is InChI=1S/C15H24N4O/c1-5-12-13(10-16)15(19-18-14(12)6-2)20-9-7-8-17-11(3)4/h11,17H,5-9H2,1-4H3. The van der Waals surface area contributed by atoms with Gasteiger partial charge in [-0.05, 0) is 31.4 Å². The predicted octanol–water partition coefficient (Wildman–Crippen LogP) is 2.24. The fourth-order valence-electron chi connectivity index (χ4n) is 2.00. The van der Waals surface area contributed by atoms with E-state index in [0.717, 1.165) is 37.1 Å². The van der Waals surface area contributed by atoms with Gasteiger partial charge in [0, 0.05) is 6.04 Å². The van der Waals surface area contributed by atoms with Crippen molar-refractivity contribution in [2.75, 3.05) is 13.2 Å². The van der Waals surface area contributed by atoms with Crippen molar-refractivity contribution in [3.05, 3.63) is 16.8 Å². The first kappa shape index (κ1) is 16.4. The second-order valence-corrected chi connectivity index (χ2v) is 4.94. The Kier molecular flexibility index (Phi) is 6.96. The summed E-state index contributed by atoms with van der Waals surface area (Å²) in [6.45, 7) is 9.68. The van der Waals surface area contributed by atoms with Crippen LogP contribution >= 0.6 is 0 Å². The molecule has 1 N–H and O–H groups in total. The van der Waals surface area contributed by atoms with Crippen LogP contribution in [0.1, 0.15) is 50.9 Å². The predicted molar refractivity (Wildman–Crippen MR) is 78.8 cm³/mol. The number of hydrogen-bond acceptors (Lipinski definition) is 5. The lowest BCUT2D eigenvalue weighted by atomic mass is 10.0. The van der Waals surface area contributed by atoms with Crippen LogP contribution in [0.5, 0.6) is 5.88 Å². The summed E-state index contributed by atoms with van der Waals surface area (Å²) >= 11 is 0. The summed E-state index contributed by atoms with van der Waals surface area (Å²) in [5, 5.41) is 20.8. The molecule has 0 aliphatic heterocycles. The number of aromatic nitrogens is 2. The van der Waals surface area contributed by atoms with E-state index in [4.69, 9.17) is 4.74 Å². The van der Waals surface area contributed by atoms with Gasteiger partial charge in [0.2, 0.25) is 0 Å². The van der Waals surface area contributed by atoms with Gasteiger partial charge in [-0.1, -0.05) is 27.7 Å². The second-order valence-electron chi connectivity index (χ2n) is 4.94. The molecular formula is C15H24N4O. The first-order valence-electron chi connectivity index (χ1n) is 7.28. The van der Waals surface area contributed by atoms with E-state index in [1.807, 2.05) is 13.8 Å². The molecule has 20 heavy (non-hydrogen) atoms. The Morgan fingerprint density at radius 3 is 2.55 bits per heavy atom. The highest BCUT2D eigenvalue weighted by Gasteiger charge is 2.15. The topological polar surface area (TPSA) is 70.8 Å². The molecule has 0 saturated carbocycles. The molecule has 0 fully saturated rings. The summed E-state index contributed by atoms with van der Waals surface area (Å²) in [5.41, 5.74) is 2.38. The third-order valence-electron chi connectivity index (χ3n) is 3.04. The lowest BCUT2D eigenvalue weighted by Gasteiger charge is -2.12. The molecule has 0 atom stereocenters. The molecule has 1 heterocycles. The van der Waals surface area contributed by atoms with E-state index in [2.05, 4.69) is 35.4 Å². The SMILES string of the molecule is CCc1nnc(OCCCNC(C)C)c(C#N)c1CC. The summed E-state index contributed by atoms with van der Waals surface area (Å²) < 4.78 is 5.62. The van der Waals surface area contributed by atoms with Gasteiger partial charge in [-0.2, -0.15) is 10.4 Å². The second kappa shape index (κ2) is 8.49. The Balaban J connectivity index is 2.69. The third kappa shape index (κ3) is 4.46. The molecule has 5 heteroatoms. The van der Waals surface area contributed by atoms with E-state index in [1.54, 1.807) is 0 Å². The Hall–Kier alpha value is -1.67. The molecule has 0 spiro atoms. The molecule has 110 valence electrons. The Labute approximate surface area is 121 Å². The number of nitriles is 1. The average Bonchev–Trinajstić information content (AvgIpc) is 2.45. The van der Waals surface area contributed by atoms with Crippen molar-refractivity contribution in [1.82, 2.24) is 15.5 Å². The molecule has 0 amide bonds. The zero-order chi connectivity index (χ0) is 15.0. The number of aryl methyl sites for hydroxylation is 1. The van der Waals surface area contributed by atoms with Gasteiger partial charge in [-0.25, -0.2) is 0 Å². The normalized spacial score (nSPS) is 10.6. The van der Waals surface area contributed by atoms with Crippen LogP contribution in [0.3, 0.4) is 0 Å². The van der Waals surface area contributed by atoms with Crippen LogP contribution in [0.2, 0.25) is 0 Å². The summed E-state index contributed by atoms with van der Waals surface area (Å²) in [4.78, 5) is 0. The van der Waals surface area contributed by atoms with Gasteiger partial charge in [0.25, 0.3) is 5.88 Å². The Morgan fingerprint density at radius 2 is 2.00 bits per heavy atom. The van der Waals surface area contributed by atoms with E-state index in [0.29, 0.717) is 24.1 Å². The van der Waals surface area contributed by atoms with Gasteiger partial charge in [-0.3, -0.25) is 0 Å². The average molecular weight is 276 g/mol. The van der Waals surface area contributed by atoms with Crippen molar-refractivity contribution < 1.29 is 4.74 Å². The molecule has 0 radical (unpaired) electrons. The smallest absolute Gasteiger partial charge is 0.251 e. The van der Waals surface area contributed by atoms with E-state index in [1.165, 1.54) is 0 Å². The van der Waals surface area contributed by atoms with Crippen molar-refractivity contribution in [3.63, 3.8) is 0 Å². The number of nitrogens with zero attached hydrogens (tertiary/aromatic N) is 3. The number of nitrogens with one attached hydrogen (secondary N) is 1. The zero-order valence-electron chi connectivity index (χ0n) is 12.9. The maximum absolute atomic E-state index is 9.32. The quantitative estimate of drug-likeness (QED) is 0.737. The van der Waals surface area contributed by atoms with Crippen molar-refractivity contribution in [1.29, 1.82) is 5.26 Å². The lowest BCUT2D eigenvalue weighted by Crippen LogP contribution is -2.25. The van der Waals surface area contributed by atoms with Crippen molar-refractivity contribution in [2.24, 2.45) is 0 Å². The molecule has 1 rings (SSSR count). The molecule has 1 aromatic rings. The Morgan fingerprint density at radius 1 is 1.25 bits per heavy atom. The van der Waals surface area contributed by atoms with E-state index >= 15 is 0 Å². The minimum absolute atomic E-state index is 0.367. The molecule has 0 unspecified atom stereocenters. The highest BCUT2D eigenvalue weighted by Crippen LogP contribution is 2.21. The largest absolute Gasteiger partial charge is 0.476 e.